The van der Waals surface area contributed by atoms with E-state index >= 15 is 0 Å². The summed E-state index contributed by atoms with van der Waals surface area (Å²) >= 11 is 0. The lowest BCUT2D eigenvalue weighted by Crippen LogP contribution is -2.29. The smallest absolute Gasteiger partial charge is 0.160 e. The van der Waals surface area contributed by atoms with Gasteiger partial charge in [0.05, 0.1) is 16.8 Å². The van der Waals surface area contributed by atoms with E-state index < -0.39 is 5.41 Å². The third-order valence-corrected chi connectivity index (χ3v) is 13.5. The van der Waals surface area contributed by atoms with E-state index in [1.54, 1.807) is 0 Å². The Hall–Kier alpha value is -7.68. The average molecular weight is 791 g/mol. The molecule has 0 radical (unpaired) electrons. The molecule has 0 fully saturated rings. The van der Waals surface area contributed by atoms with E-state index in [9.17, 15) is 0 Å². The fourth-order valence-corrected chi connectivity index (χ4v) is 10.7. The number of rotatable bonds is 6. The molecule has 2 aliphatic carbocycles. The zero-order chi connectivity index (χ0) is 41.4. The SMILES string of the molecule is CC1(C)c2cc3ccccc3cc2-c2c(-c3cccc(-c4cc(-c5cccc6c5C(c5ccccc5)(c5ccccc5)c5ccccc5-6)nc(-c5ccccc5)n4)c3)cccc21. The maximum Gasteiger partial charge on any atom is 0.160 e. The van der Waals surface area contributed by atoms with Crippen LogP contribution in [-0.4, -0.2) is 9.97 Å². The Morgan fingerprint density at radius 3 is 1.63 bits per heavy atom. The highest BCUT2D eigenvalue weighted by Gasteiger charge is 2.47. The monoisotopic (exact) mass is 790 g/mol. The number of fused-ring (bicyclic) bond motifs is 7. The van der Waals surface area contributed by atoms with Crippen molar-refractivity contribution in [2.75, 3.05) is 0 Å². The van der Waals surface area contributed by atoms with Crippen molar-refractivity contribution in [1.29, 1.82) is 0 Å². The molecule has 10 aromatic rings. The fraction of sp³-hybridized carbons (Fsp3) is 0.0667. The minimum atomic E-state index is -0.577. The molecule has 62 heavy (non-hydrogen) atoms. The first-order valence-electron chi connectivity index (χ1n) is 21.6. The molecular weight excluding hydrogens is 749 g/mol. The molecule has 0 unspecified atom stereocenters. The highest BCUT2D eigenvalue weighted by atomic mass is 14.9. The summed E-state index contributed by atoms with van der Waals surface area (Å²) in [6.07, 6.45) is 0. The second kappa shape index (κ2) is 13.9. The average Bonchev–Trinajstić information content (AvgIpc) is 3.77. The largest absolute Gasteiger partial charge is 0.228 e. The van der Waals surface area contributed by atoms with Gasteiger partial charge < -0.3 is 0 Å². The van der Waals surface area contributed by atoms with E-state index in [1.807, 2.05) is 6.07 Å². The maximum atomic E-state index is 5.48. The summed E-state index contributed by atoms with van der Waals surface area (Å²) in [5.41, 5.74) is 19.4. The summed E-state index contributed by atoms with van der Waals surface area (Å²) < 4.78 is 0. The van der Waals surface area contributed by atoms with Gasteiger partial charge in [0, 0.05) is 22.1 Å². The van der Waals surface area contributed by atoms with Crippen molar-refractivity contribution in [3.63, 3.8) is 0 Å². The van der Waals surface area contributed by atoms with Crippen molar-refractivity contribution in [3.05, 3.63) is 252 Å². The maximum absolute atomic E-state index is 5.48. The molecule has 0 bridgehead atoms. The summed E-state index contributed by atoms with van der Waals surface area (Å²) in [5.74, 6) is 0.699. The second-order valence-corrected chi connectivity index (χ2v) is 17.3. The van der Waals surface area contributed by atoms with E-state index in [4.69, 9.17) is 9.97 Å². The van der Waals surface area contributed by atoms with E-state index in [0.29, 0.717) is 5.82 Å². The summed E-state index contributed by atoms with van der Waals surface area (Å²) in [4.78, 5) is 10.8. The van der Waals surface area contributed by atoms with Gasteiger partial charge in [-0.2, -0.15) is 0 Å². The van der Waals surface area contributed by atoms with Crippen LogP contribution < -0.4 is 0 Å². The lowest BCUT2D eigenvalue weighted by Gasteiger charge is -2.35. The molecule has 1 aromatic heterocycles. The van der Waals surface area contributed by atoms with Crippen molar-refractivity contribution >= 4 is 10.8 Å². The molecule has 2 aliphatic rings. The zero-order valence-corrected chi connectivity index (χ0v) is 34.7. The van der Waals surface area contributed by atoms with Gasteiger partial charge in [-0.3, -0.25) is 0 Å². The molecular formula is C60H42N2. The first kappa shape index (κ1) is 36.2. The van der Waals surface area contributed by atoms with Gasteiger partial charge in [-0.05, 0) is 102 Å². The highest BCUT2D eigenvalue weighted by Crippen LogP contribution is 2.59. The summed E-state index contributed by atoms with van der Waals surface area (Å²) in [5, 5.41) is 2.54. The third-order valence-electron chi connectivity index (χ3n) is 13.5. The Kier molecular flexibility index (Phi) is 8.14. The number of hydrogen-bond donors (Lipinski definition) is 0. The number of nitrogens with zero attached hydrogens (tertiary/aromatic N) is 2. The van der Waals surface area contributed by atoms with Crippen LogP contribution in [0.3, 0.4) is 0 Å². The first-order chi connectivity index (χ1) is 30.5. The molecule has 2 heteroatoms. The van der Waals surface area contributed by atoms with E-state index in [-0.39, 0.29) is 5.41 Å². The second-order valence-electron chi connectivity index (χ2n) is 17.3. The zero-order valence-electron chi connectivity index (χ0n) is 34.7. The van der Waals surface area contributed by atoms with Crippen LogP contribution in [-0.2, 0) is 10.8 Å². The predicted molar refractivity (Wildman–Crippen MR) is 256 cm³/mol. The number of hydrogen-bond acceptors (Lipinski definition) is 2. The van der Waals surface area contributed by atoms with Crippen molar-refractivity contribution < 1.29 is 0 Å². The fourth-order valence-electron chi connectivity index (χ4n) is 10.7. The molecule has 0 amide bonds. The van der Waals surface area contributed by atoms with Gasteiger partial charge in [-0.1, -0.05) is 208 Å². The minimum absolute atomic E-state index is 0.126. The van der Waals surface area contributed by atoms with Gasteiger partial charge in [0.1, 0.15) is 0 Å². The van der Waals surface area contributed by atoms with Gasteiger partial charge >= 0.3 is 0 Å². The number of benzene rings is 9. The number of aromatic nitrogens is 2. The van der Waals surface area contributed by atoms with Crippen LogP contribution in [0.25, 0.3) is 78.1 Å². The Labute approximate surface area is 362 Å². The highest BCUT2D eigenvalue weighted by molar-refractivity contribution is 5.99. The van der Waals surface area contributed by atoms with E-state index in [1.165, 1.54) is 77.5 Å². The lowest BCUT2D eigenvalue weighted by atomic mass is 9.66. The van der Waals surface area contributed by atoms with Crippen LogP contribution in [0, 0.1) is 0 Å². The van der Waals surface area contributed by atoms with Gasteiger partial charge in [-0.25, -0.2) is 9.97 Å². The molecule has 292 valence electrons. The van der Waals surface area contributed by atoms with Crippen LogP contribution in [0.1, 0.15) is 47.2 Å². The Bertz CT molecular complexity index is 3330. The molecule has 0 saturated heterocycles. The van der Waals surface area contributed by atoms with Crippen LogP contribution in [0.5, 0.6) is 0 Å². The third kappa shape index (κ3) is 5.36. The van der Waals surface area contributed by atoms with Crippen LogP contribution in [0.2, 0.25) is 0 Å². The molecule has 0 atom stereocenters. The first-order valence-corrected chi connectivity index (χ1v) is 21.6. The summed E-state index contributed by atoms with van der Waals surface area (Å²) in [7, 11) is 0. The van der Waals surface area contributed by atoms with E-state index in [0.717, 1.165) is 28.1 Å². The predicted octanol–water partition coefficient (Wildman–Crippen LogP) is 15.0. The van der Waals surface area contributed by atoms with E-state index in [2.05, 4.69) is 226 Å². The quantitative estimate of drug-likeness (QED) is 0.168. The molecule has 0 N–H and O–H groups in total. The minimum Gasteiger partial charge on any atom is -0.228 e. The Balaban J connectivity index is 1.08. The van der Waals surface area contributed by atoms with Crippen molar-refractivity contribution in [2.24, 2.45) is 0 Å². The Morgan fingerprint density at radius 1 is 0.339 bits per heavy atom. The normalized spacial score (nSPS) is 13.9. The van der Waals surface area contributed by atoms with Gasteiger partial charge in [0.25, 0.3) is 0 Å². The molecule has 0 aliphatic heterocycles. The van der Waals surface area contributed by atoms with Crippen molar-refractivity contribution in [3.8, 4) is 67.3 Å². The molecule has 2 nitrogen and oxygen atoms in total. The van der Waals surface area contributed by atoms with Gasteiger partial charge in [0.2, 0.25) is 0 Å². The Morgan fingerprint density at radius 2 is 0.871 bits per heavy atom. The summed E-state index contributed by atoms with van der Waals surface area (Å²) in [6, 6.07) is 79.6. The molecule has 0 saturated carbocycles. The molecule has 0 spiro atoms. The van der Waals surface area contributed by atoms with Crippen molar-refractivity contribution in [2.45, 2.75) is 24.7 Å². The van der Waals surface area contributed by atoms with Crippen LogP contribution >= 0.6 is 0 Å². The molecule has 1 heterocycles. The molecule has 12 rings (SSSR count). The van der Waals surface area contributed by atoms with Gasteiger partial charge in [0.15, 0.2) is 5.82 Å². The topological polar surface area (TPSA) is 25.8 Å². The van der Waals surface area contributed by atoms with Crippen LogP contribution in [0.15, 0.2) is 218 Å². The lowest BCUT2D eigenvalue weighted by molar-refractivity contribution is 0.661. The summed E-state index contributed by atoms with van der Waals surface area (Å²) in [6.45, 7) is 4.73. The van der Waals surface area contributed by atoms with Gasteiger partial charge in [-0.15, -0.1) is 0 Å². The van der Waals surface area contributed by atoms with Crippen molar-refractivity contribution in [1.82, 2.24) is 9.97 Å². The van der Waals surface area contributed by atoms with Crippen LogP contribution in [0.4, 0.5) is 0 Å². The molecule has 9 aromatic carbocycles. The standard InChI is InChI=1S/C60H42N2/c1-59(2)52-34-18-30-46(56(52)50-36-40-21-12-13-22-41(40)37-53(50)59)42-23-16-24-43(35-42)54-38-55(62-58(61-54)39-19-6-3-7-20-39)49-32-17-31-48-47-29-14-15-33-51(47)60(57(48)49,44-25-8-4-9-26-44)45-27-10-5-11-28-45/h3-38H,1-2H3.